The monoisotopic (exact) mass is 490 g/mol. The van der Waals surface area contributed by atoms with Gasteiger partial charge in [0.2, 0.25) is 15.9 Å². The van der Waals surface area contributed by atoms with Crippen LogP contribution >= 0.6 is 11.8 Å². The molecule has 11 heteroatoms. The van der Waals surface area contributed by atoms with Gasteiger partial charge >= 0.3 is 0 Å². The van der Waals surface area contributed by atoms with Crippen LogP contribution in [0.3, 0.4) is 0 Å². The summed E-state index contributed by atoms with van der Waals surface area (Å²) < 4.78 is 36.9. The van der Waals surface area contributed by atoms with Crippen molar-refractivity contribution in [3.05, 3.63) is 42.5 Å². The molecule has 9 nitrogen and oxygen atoms in total. The molecule has 2 aromatic carbocycles. The molecule has 0 spiro atoms. The Morgan fingerprint density at radius 1 is 1.27 bits per heavy atom. The number of hydrogen-bond acceptors (Lipinski definition) is 7. The minimum absolute atomic E-state index is 0.0145. The molecule has 2 heterocycles. The van der Waals surface area contributed by atoms with Gasteiger partial charge in [-0.3, -0.25) is 4.79 Å². The summed E-state index contributed by atoms with van der Waals surface area (Å²) in [7, 11) is -3.82. The van der Waals surface area contributed by atoms with Crippen LogP contribution in [-0.2, 0) is 21.4 Å². The molecule has 176 valence electrons. The van der Waals surface area contributed by atoms with Crippen molar-refractivity contribution < 1.29 is 22.7 Å². The highest BCUT2D eigenvalue weighted by molar-refractivity contribution is 7.99. The van der Waals surface area contributed by atoms with Crippen molar-refractivity contribution in [3.63, 3.8) is 0 Å². The summed E-state index contributed by atoms with van der Waals surface area (Å²) in [5.41, 5.74) is 1.34. The van der Waals surface area contributed by atoms with Gasteiger partial charge in [-0.05, 0) is 36.8 Å². The van der Waals surface area contributed by atoms with Gasteiger partial charge in [-0.2, -0.15) is 0 Å². The SMILES string of the molecule is CCCCn1c(SCC(=O)NCC2COc3ccccc3O2)nc2cc(S(N)(=O)=O)ccc21. The summed E-state index contributed by atoms with van der Waals surface area (Å²) in [5.74, 6) is 1.39. The van der Waals surface area contributed by atoms with Crippen molar-refractivity contribution in [2.24, 2.45) is 5.14 Å². The topological polar surface area (TPSA) is 126 Å². The van der Waals surface area contributed by atoms with Crippen molar-refractivity contribution >= 4 is 38.7 Å². The third-order valence-electron chi connectivity index (χ3n) is 5.18. The number of aromatic nitrogens is 2. The van der Waals surface area contributed by atoms with Crippen LogP contribution in [0.15, 0.2) is 52.5 Å². The third kappa shape index (κ3) is 5.60. The Morgan fingerprint density at radius 2 is 2.06 bits per heavy atom. The molecule has 0 aliphatic carbocycles. The summed E-state index contributed by atoms with van der Waals surface area (Å²) in [5, 5.41) is 8.79. The van der Waals surface area contributed by atoms with Gasteiger partial charge in [-0.25, -0.2) is 18.5 Å². The molecule has 1 atom stereocenters. The fourth-order valence-corrected chi connectivity index (χ4v) is 4.88. The number of para-hydroxylation sites is 2. The Bertz CT molecular complexity index is 1260. The second-order valence-corrected chi connectivity index (χ2v) is 10.2. The first-order chi connectivity index (χ1) is 15.8. The maximum atomic E-state index is 12.5. The fourth-order valence-electron chi connectivity index (χ4n) is 3.48. The van der Waals surface area contributed by atoms with Crippen LogP contribution in [0.2, 0.25) is 0 Å². The van der Waals surface area contributed by atoms with Gasteiger partial charge in [0.1, 0.15) is 12.7 Å². The summed E-state index contributed by atoms with van der Waals surface area (Å²) in [6.07, 6.45) is 1.66. The van der Waals surface area contributed by atoms with Crippen LogP contribution in [0.5, 0.6) is 11.5 Å². The van der Waals surface area contributed by atoms with Crippen LogP contribution in [0.4, 0.5) is 0 Å². The smallest absolute Gasteiger partial charge is 0.238 e. The third-order valence-corrected chi connectivity index (χ3v) is 7.06. The zero-order valence-electron chi connectivity index (χ0n) is 18.2. The number of ether oxygens (including phenoxy) is 2. The molecule has 1 aromatic heterocycles. The number of unbranched alkanes of at least 4 members (excludes halogenated alkanes) is 1. The van der Waals surface area contributed by atoms with Gasteiger partial charge in [0, 0.05) is 6.54 Å². The van der Waals surface area contributed by atoms with E-state index < -0.39 is 10.0 Å². The Hall–Kier alpha value is -2.76. The number of primary sulfonamides is 1. The lowest BCUT2D eigenvalue weighted by molar-refractivity contribution is -0.119. The molecule has 0 radical (unpaired) electrons. The van der Waals surface area contributed by atoms with Gasteiger partial charge in [0.25, 0.3) is 0 Å². The number of rotatable bonds is 9. The van der Waals surface area contributed by atoms with Gasteiger partial charge in [-0.15, -0.1) is 0 Å². The normalized spacial score (nSPS) is 15.5. The van der Waals surface area contributed by atoms with E-state index in [1.807, 2.05) is 28.8 Å². The number of nitrogens with two attached hydrogens (primary N) is 1. The van der Waals surface area contributed by atoms with Crippen molar-refractivity contribution in [1.29, 1.82) is 0 Å². The first-order valence-electron chi connectivity index (χ1n) is 10.7. The fraction of sp³-hybridized carbons (Fsp3) is 0.364. The van der Waals surface area contributed by atoms with E-state index in [1.165, 1.54) is 23.9 Å². The molecular formula is C22H26N4O5S2. The van der Waals surface area contributed by atoms with E-state index in [9.17, 15) is 13.2 Å². The highest BCUT2D eigenvalue weighted by Crippen LogP contribution is 2.31. The van der Waals surface area contributed by atoms with Gasteiger partial charge in [0.05, 0.1) is 28.2 Å². The molecule has 1 unspecified atom stereocenters. The van der Waals surface area contributed by atoms with Crippen molar-refractivity contribution in [3.8, 4) is 11.5 Å². The van der Waals surface area contributed by atoms with E-state index in [2.05, 4.69) is 17.2 Å². The van der Waals surface area contributed by atoms with E-state index in [0.717, 1.165) is 24.9 Å². The maximum absolute atomic E-state index is 12.5. The van der Waals surface area contributed by atoms with E-state index in [0.29, 0.717) is 35.3 Å². The Kier molecular flexibility index (Phi) is 7.11. The number of sulfonamides is 1. The molecule has 1 aliphatic heterocycles. The lowest BCUT2D eigenvalue weighted by Crippen LogP contribution is -2.41. The Morgan fingerprint density at radius 3 is 2.82 bits per heavy atom. The van der Waals surface area contributed by atoms with Crippen molar-refractivity contribution in [2.75, 3.05) is 18.9 Å². The number of nitrogens with zero attached hydrogens (tertiary/aromatic N) is 2. The summed E-state index contributed by atoms with van der Waals surface area (Å²) in [6.45, 7) is 3.51. The van der Waals surface area contributed by atoms with Gasteiger partial charge in [-0.1, -0.05) is 37.2 Å². The van der Waals surface area contributed by atoms with Gasteiger partial charge < -0.3 is 19.4 Å². The minimum atomic E-state index is -3.82. The standard InChI is InChI=1S/C22H26N4O5S2/c1-2-3-10-26-18-9-8-16(33(23,28)29)11-17(18)25-22(26)32-14-21(27)24-12-15-13-30-19-6-4-5-7-20(19)31-15/h4-9,11,15H,2-3,10,12-14H2,1H3,(H,24,27)(H2,23,28,29). The molecule has 4 rings (SSSR count). The number of thioether (sulfide) groups is 1. The number of carbonyl (C=O) groups is 1. The predicted octanol–water partition coefficient (Wildman–Crippen LogP) is 2.53. The van der Waals surface area contributed by atoms with E-state index in [1.54, 1.807) is 6.07 Å². The van der Waals surface area contributed by atoms with Crippen LogP contribution in [0, 0.1) is 0 Å². The molecular weight excluding hydrogens is 464 g/mol. The summed E-state index contributed by atoms with van der Waals surface area (Å²) >= 11 is 1.31. The quantitative estimate of drug-likeness (QED) is 0.442. The predicted molar refractivity (Wildman–Crippen MR) is 126 cm³/mol. The molecule has 33 heavy (non-hydrogen) atoms. The molecule has 1 amide bonds. The van der Waals surface area contributed by atoms with E-state index in [4.69, 9.17) is 14.6 Å². The maximum Gasteiger partial charge on any atom is 0.238 e. The Labute approximate surface area is 196 Å². The lowest BCUT2D eigenvalue weighted by atomic mass is 10.2. The number of hydrogen-bond donors (Lipinski definition) is 2. The number of carbonyl (C=O) groups excluding carboxylic acids is 1. The van der Waals surface area contributed by atoms with Crippen molar-refractivity contribution in [2.45, 2.75) is 42.5 Å². The molecule has 1 aliphatic rings. The summed E-state index contributed by atoms with van der Waals surface area (Å²) in [6, 6.07) is 12.1. The van der Waals surface area contributed by atoms with Crippen LogP contribution < -0.4 is 19.9 Å². The molecule has 0 fully saturated rings. The summed E-state index contributed by atoms with van der Waals surface area (Å²) in [4.78, 5) is 17.1. The molecule has 3 N–H and O–H groups in total. The van der Waals surface area contributed by atoms with E-state index >= 15 is 0 Å². The average Bonchev–Trinajstić information content (AvgIpc) is 3.16. The second kappa shape index (κ2) is 10.0. The molecule has 0 saturated carbocycles. The molecule has 3 aromatic rings. The Balaban J connectivity index is 1.40. The lowest BCUT2D eigenvalue weighted by Gasteiger charge is -2.26. The average molecular weight is 491 g/mol. The highest BCUT2D eigenvalue weighted by Gasteiger charge is 2.21. The highest BCUT2D eigenvalue weighted by atomic mass is 32.2. The van der Waals surface area contributed by atoms with Crippen LogP contribution in [0.1, 0.15) is 19.8 Å². The zero-order chi connectivity index (χ0) is 23.4. The van der Waals surface area contributed by atoms with Gasteiger partial charge in [0.15, 0.2) is 16.7 Å². The van der Waals surface area contributed by atoms with E-state index in [-0.39, 0.29) is 22.7 Å². The number of fused-ring (bicyclic) bond motifs is 2. The largest absolute Gasteiger partial charge is 0.486 e. The number of imidazole rings is 1. The first kappa shape index (κ1) is 23.4. The minimum Gasteiger partial charge on any atom is -0.486 e. The number of benzene rings is 2. The number of nitrogens with one attached hydrogen (secondary N) is 1. The molecule has 0 bridgehead atoms. The van der Waals surface area contributed by atoms with Crippen molar-refractivity contribution in [1.82, 2.24) is 14.9 Å². The first-order valence-corrected chi connectivity index (χ1v) is 13.2. The van der Waals surface area contributed by atoms with Crippen LogP contribution in [-0.4, -0.2) is 48.9 Å². The number of aryl methyl sites for hydroxylation is 1. The number of amides is 1. The zero-order valence-corrected chi connectivity index (χ0v) is 19.8. The second-order valence-electron chi connectivity index (χ2n) is 7.69. The van der Waals surface area contributed by atoms with Crippen LogP contribution in [0.25, 0.3) is 11.0 Å². The molecule has 0 saturated heterocycles.